The number of aryl methyl sites for hydroxylation is 1. The van der Waals surface area contributed by atoms with E-state index in [1.54, 1.807) is 24.3 Å². The Morgan fingerprint density at radius 3 is 2.41 bits per heavy atom. The maximum atomic E-state index is 12.0. The van der Waals surface area contributed by atoms with Crippen LogP contribution < -0.4 is 10.0 Å². The summed E-state index contributed by atoms with van der Waals surface area (Å²) in [6, 6.07) is 14.7. The number of rotatable bonds is 10. The van der Waals surface area contributed by atoms with E-state index < -0.39 is 35.1 Å². The Morgan fingerprint density at radius 2 is 1.74 bits per heavy atom. The molecule has 1 aliphatic heterocycles. The zero-order chi connectivity index (χ0) is 24.4. The molecule has 0 spiro atoms. The van der Waals surface area contributed by atoms with Gasteiger partial charge in [-0.2, -0.15) is 0 Å². The molecule has 0 radical (unpaired) electrons. The number of nitrogens with one attached hydrogen (secondary N) is 2. The van der Waals surface area contributed by atoms with E-state index in [0.29, 0.717) is 11.3 Å². The van der Waals surface area contributed by atoms with Crippen molar-refractivity contribution in [1.29, 1.82) is 0 Å². The molecule has 1 saturated heterocycles. The third kappa shape index (κ3) is 9.06. The molecule has 3 rings (SSSR count). The summed E-state index contributed by atoms with van der Waals surface area (Å²) in [7, 11) is -3.83. The van der Waals surface area contributed by atoms with Crippen molar-refractivity contribution in [2.75, 3.05) is 44.8 Å². The smallest absolute Gasteiger partial charge is 0.321 e. The Hall–Kier alpha value is -3.05. The van der Waals surface area contributed by atoms with E-state index in [9.17, 15) is 18.0 Å². The highest BCUT2D eigenvalue weighted by atomic mass is 32.2. The largest absolute Gasteiger partial charge is 0.455 e. The topological polar surface area (TPSA) is 114 Å². The number of carbonyl (C=O) groups excluding carboxylic acids is 2. The van der Waals surface area contributed by atoms with Crippen molar-refractivity contribution < 1.29 is 27.5 Å². The van der Waals surface area contributed by atoms with Gasteiger partial charge in [0.1, 0.15) is 6.54 Å². The zero-order valence-corrected chi connectivity index (χ0v) is 19.8. The van der Waals surface area contributed by atoms with Crippen LogP contribution in [0.1, 0.15) is 16.7 Å². The molecule has 1 amide bonds. The molecule has 2 aromatic rings. The van der Waals surface area contributed by atoms with E-state index in [1.807, 2.05) is 31.2 Å². The minimum atomic E-state index is -3.83. The normalized spacial score (nSPS) is 14.7. The molecule has 10 heteroatoms. The summed E-state index contributed by atoms with van der Waals surface area (Å²) in [5.41, 5.74) is 3.47. The van der Waals surface area contributed by atoms with Gasteiger partial charge < -0.3 is 14.8 Å². The van der Waals surface area contributed by atoms with Crippen molar-refractivity contribution in [3.63, 3.8) is 0 Å². The van der Waals surface area contributed by atoms with Crippen molar-refractivity contribution in [3.8, 4) is 0 Å². The molecule has 0 aromatic heterocycles. The van der Waals surface area contributed by atoms with E-state index >= 15 is 0 Å². The lowest BCUT2D eigenvalue weighted by Gasteiger charge is -2.26. The van der Waals surface area contributed by atoms with Crippen molar-refractivity contribution in [1.82, 2.24) is 9.62 Å². The van der Waals surface area contributed by atoms with Gasteiger partial charge in [0.2, 0.25) is 10.0 Å². The molecule has 2 aromatic carbocycles. The van der Waals surface area contributed by atoms with Crippen molar-refractivity contribution >= 4 is 33.7 Å². The van der Waals surface area contributed by atoms with Crippen molar-refractivity contribution in [2.24, 2.45) is 0 Å². The Labute approximate surface area is 199 Å². The Morgan fingerprint density at radius 1 is 1.06 bits per heavy atom. The molecule has 0 unspecified atom stereocenters. The van der Waals surface area contributed by atoms with Gasteiger partial charge in [-0.15, -0.1) is 0 Å². The van der Waals surface area contributed by atoms with Crippen molar-refractivity contribution in [2.45, 2.75) is 13.5 Å². The Bertz CT molecular complexity index is 1090. The van der Waals surface area contributed by atoms with Crippen LogP contribution in [0.4, 0.5) is 5.69 Å². The minimum Gasteiger partial charge on any atom is -0.455 e. The number of anilines is 1. The van der Waals surface area contributed by atoms with Crippen LogP contribution in [0, 0.1) is 6.92 Å². The summed E-state index contributed by atoms with van der Waals surface area (Å²) in [5.74, 6) is -1.38. The number of carbonyl (C=O) groups is 2. The second-order valence-corrected chi connectivity index (χ2v) is 9.52. The lowest BCUT2D eigenvalue weighted by Crippen LogP contribution is -2.35. The van der Waals surface area contributed by atoms with Gasteiger partial charge in [-0.25, -0.2) is 13.1 Å². The first-order valence-electron chi connectivity index (χ1n) is 10.9. The van der Waals surface area contributed by atoms with Gasteiger partial charge >= 0.3 is 5.97 Å². The van der Waals surface area contributed by atoms with Gasteiger partial charge in [0.25, 0.3) is 5.91 Å². The highest BCUT2D eigenvalue weighted by Gasteiger charge is 2.13. The van der Waals surface area contributed by atoms with E-state index in [1.165, 1.54) is 6.08 Å². The highest BCUT2D eigenvalue weighted by Crippen LogP contribution is 2.12. The Kier molecular flexibility index (Phi) is 9.34. The van der Waals surface area contributed by atoms with Gasteiger partial charge in [0.05, 0.1) is 13.2 Å². The summed E-state index contributed by atoms with van der Waals surface area (Å²) in [5, 5.41) is 3.62. The fourth-order valence-electron chi connectivity index (χ4n) is 3.16. The summed E-state index contributed by atoms with van der Waals surface area (Å²) < 4.78 is 36.3. The molecule has 0 saturated carbocycles. The number of amides is 1. The number of hydrogen-bond donors (Lipinski definition) is 2. The average Bonchev–Trinajstić information content (AvgIpc) is 2.83. The lowest BCUT2D eigenvalue weighted by atomic mass is 10.2. The Balaban J connectivity index is 1.37. The fourth-order valence-corrected chi connectivity index (χ4v) is 3.91. The first-order chi connectivity index (χ1) is 16.3. The molecule has 0 aliphatic carbocycles. The standard InChI is InChI=1S/C24H29N3O6S/c1-19-2-4-20(5-3-19)10-15-34(30,31)25-16-24(29)33-18-23(28)26-22-8-6-21(7-9-22)17-27-11-13-32-14-12-27/h2-10,15,25H,11-14,16-18H2,1H3,(H,26,28)/b15-10+. The number of hydrogen-bond acceptors (Lipinski definition) is 7. The number of nitrogens with zero attached hydrogens (tertiary/aromatic N) is 1. The first-order valence-corrected chi connectivity index (χ1v) is 12.4. The second-order valence-electron chi connectivity index (χ2n) is 7.87. The quantitative estimate of drug-likeness (QED) is 0.492. The fraction of sp³-hybridized carbons (Fsp3) is 0.333. The summed E-state index contributed by atoms with van der Waals surface area (Å²) >= 11 is 0. The average molecular weight is 488 g/mol. The maximum Gasteiger partial charge on any atom is 0.321 e. The van der Waals surface area contributed by atoms with Crippen LogP contribution in [-0.2, 0) is 35.6 Å². The highest BCUT2D eigenvalue weighted by molar-refractivity contribution is 7.92. The van der Waals surface area contributed by atoms with Crippen molar-refractivity contribution in [3.05, 3.63) is 70.6 Å². The molecular weight excluding hydrogens is 458 g/mol. The van der Waals surface area contributed by atoms with Gasteiger partial charge in [-0.3, -0.25) is 14.5 Å². The van der Waals surface area contributed by atoms with E-state index in [2.05, 4.69) is 14.9 Å². The van der Waals surface area contributed by atoms with Gasteiger partial charge in [0.15, 0.2) is 6.61 Å². The van der Waals surface area contributed by atoms with E-state index in [4.69, 9.17) is 9.47 Å². The summed E-state index contributed by atoms with van der Waals surface area (Å²) in [4.78, 5) is 26.2. The lowest BCUT2D eigenvalue weighted by molar-refractivity contribution is -0.146. The number of esters is 1. The SMILES string of the molecule is Cc1ccc(/C=C/S(=O)(=O)NCC(=O)OCC(=O)Nc2ccc(CN3CCOCC3)cc2)cc1. The van der Waals surface area contributed by atoms with Crippen LogP contribution in [0.5, 0.6) is 0 Å². The third-order valence-corrected chi connectivity index (χ3v) is 6.09. The number of ether oxygens (including phenoxy) is 2. The molecule has 0 bridgehead atoms. The van der Waals surface area contributed by atoms with E-state index in [0.717, 1.165) is 49.4 Å². The molecule has 34 heavy (non-hydrogen) atoms. The van der Waals surface area contributed by atoms with Crippen LogP contribution in [0.15, 0.2) is 53.9 Å². The van der Waals surface area contributed by atoms with Gasteiger partial charge in [-0.1, -0.05) is 42.0 Å². The molecule has 1 fully saturated rings. The maximum absolute atomic E-state index is 12.0. The number of sulfonamides is 1. The monoisotopic (exact) mass is 487 g/mol. The predicted molar refractivity (Wildman–Crippen MR) is 129 cm³/mol. The first kappa shape index (κ1) is 25.6. The van der Waals surface area contributed by atoms with Gasteiger partial charge in [-0.05, 0) is 36.3 Å². The second kappa shape index (κ2) is 12.4. The molecule has 182 valence electrons. The van der Waals surface area contributed by atoms with Crippen LogP contribution in [0.3, 0.4) is 0 Å². The minimum absolute atomic E-state index is 0.517. The molecule has 1 heterocycles. The third-order valence-electron chi connectivity index (χ3n) is 5.05. The molecule has 0 atom stereocenters. The van der Waals surface area contributed by atoms with Crippen LogP contribution in [0.25, 0.3) is 6.08 Å². The predicted octanol–water partition coefficient (Wildman–Crippen LogP) is 1.90. The summed E-state index contributed by atoms with van der Waals surface area (Å²) in [6.07, 6.45) is 1.42. The van der Waals surface area contributed by atoms with Crippen LogP contribution in [0.2, 0.25) is 0 Å². The molecule has 9 nitrogen and oxygen atoms in total. The summed E-state index contributed by atoms with van der Waals surface area (Å²) in [6.45, 7) is 4.90. The number of benzene rings is 2. The van der Waals surface area contributed by atoms with Crippen LogP contribution in [-0.4, -0.2) is 64.6 Å². The van der Waals surface area contributed by atoms with E-state index in [-0.39, 0.29) is 0 Å². The number of morpholine rings is 1. The molecular formula is C24H29N3O6S. The zero-order valence-electron chi connectivity index (χ0n) is 19.0. The molecule has 2 N–H and O–H groups in total. The van der Waals surface area contributed by atoms with Gasteiger partial charge in [0, 0.05) is 30.7 Å². The van der Waals surface area contributed by atoms with Crippen LogP contribution >= 0.6 is 0 Å². The molecule has 1 aliphatic rings.